The van der Waals surface area contributed by atoms with E-state index in [4.69, 9.17) is 9.56 Å². The van der Waals surface area contributed by atoms with Gasteiger partial charge in [-0.1, -0.05) is 0 Å². The molecule has 0 aliphatic carbocycles. The molecule has 0 saturated carbocycles. The van der Waals surface area contributed by atoms with E-state index in [1.165, 1.54) is 0 Å². The third-order valence-electron chi connectivity index (χ3n) is 2.76. The van der Waals surface area contributed by atoms with Gasteiger partial charge in [-0.25, -0.2) is 13.6 Å². The second-order valence-corrected chi connectivity index (χ2v) is 5.57. The summed E-state index contributed by atoms with van der Waals surface area (Å²) >= 11 is 0. The largest absolute Gasteiger partial charge is 0.472 e. The van der Waals surface area contributed by atoms with Crippen molar-refractivity contribution in [2.45, 2.75) is 5.92 Å². The van der Waals surface area contributed by atoms with Crippen molar-refractivity contribution in [1.82, 2.24) is 5.32 Å². The first kappa shape index (κ1) is 13.5. The lowest BCUT2D eigenvalue weighted by atomic mass is 9.92. The number of hydrogen-bond donors (Lipinski definition) is 2. The van der Waals surface area contributed by atoms with Crippen LogP contribution in [0.5, 0.6) is 0 Å². The molecule has 0 spiro atoms. The van der Waals surface area contributed by atoms with Gasteiger partial charge in [0.1, 0.15) is 0 Å². The maximum Gasteiger partial charge on any atom is 0.209 e. The molecule has 2 rings (SSSR count). The molecule has 0 amide bonds. The molecule has 2 atom stereocenters. The highest BCUT2D eigenvalue weighted by Gasteiger charge is 2.31. The minimum Gasteiger partial charge on any atom is -0.472 e. The summed E-state index contributed by atoms with van der Waals surface area (Å²) in [6.07, 6.45) is 3.26. The van der Waals surface area contributed by atoms with Crippen LogP contribution in [0.4, 0.5) is 0 Å². The van der Waals surface area contributed by atoms with Crippen molar-refractivity contribution in [1.29, 1.82) is 0 Å². The Morgan fingerprint density at radius 1 is 1.50 bits per heavy atom. The van der Waals surface area contributed by atoms with Crippen molar-refractivity contribution in [2.24, 2.45) is 11.1 Å². The SMILES string of the molecule is Cl.NS(=O)(=O)CC1CNCC1c1ccoc1. The second-order valence-electron chi connectivity index (χ2n) is 3.91. The van der Waals surface area contributed by atoms with Gasteiger partial charge in [0.05, 0.1) is 18.3 Å². The zero-order valence-electron chi connectivity index (χ0n) is 8.63. The Morgan fingerprint density at radius 2 is 2.25 bits per heavy atom. The molecule has 1 aromatic heterocycles. The fourth-order valence-corrected chi connectivity index (χ4v) is 3.03. The lowest BCUT2D eigenvalue weighted by Crippen LogP contribution is -2.26. The predicted octanol–water partition coefficient (Wildman–Crippen LogP) is 0.293. The fourth-order valence-electron chi connectivity index (χ4n) is 2.08. The molecule has 0 bridgehead atoms. The summed E-state index contributed by atoms with van der Waals surface area (Å²) in [7, 11) is -3.40. The van der Waals surface area contributed by atoms with Crippen LogP contribution < -0.4 is 10.5 Å². The van der Waals surface area contributed by atoms with Crippen molar-refractivity contribution in [2.75, 3.05) is 18.8 Å². The number of halogens is 1. The Bertz CT molecular complexity index is 418. The maximum atomic E-state index is 11.0. The molecule has 3 N–H and O–H groups in total. The number of sulfonamides is 1. The van der Waals surface area contributed by atoms with E-state index in [2.05, 4.69) is 5.32 Å². The smallest absolute Gasteiger partial charge is 0.209 e. The molecule has 1 saturated heterocycles. The van der Waals surface area contributed by atoms with Crippen LogP contribution in [0.25, 0.3) is 0 Å². The minimum atomic E-state index is -3.40. The number of primary sulfonamides is 1. The van der Waals surface area contributed by atoms with Gasteiger partial charge in [0.2, 0.25) is 10.0 Å². The zero-order chi connectivity index (χ0) is 10.9. The van der Waals surface area contributed by atoms with Crippen molar-refractivity contribution in [3.05, 3.63) is 24.2 Å². The topological polar surface area (TPSA) is 85.3 Å². The average Bonchev–Trinajstić information content (AvgIpc) is 2.68. The lowest BCUT2D eigenvalue weighted by Gasteiger charge is -2.15. The summed E-state index contributed by atoms with van der Waals surface area (Å²) in [6.45, 7) is 1.46. The number of hydrogen-bond acceptors (Lipinski definition) is 4. The molecule has 2 heterocycles. The van der Waals surface area contributed by atoms with Gasteiger partial charge in [-0.2, -0.15) is 0 Å². The molecular weight excluding hydrogens is 252 g/mol. The third-order valence-corrected chi connectivity index (χ3v) is 3.65. The Labute approximate surface area is 101 Å². The Kier molecular flexibility index (Phi) is 4.37. The fraction of sp³-hybridized carbons (Fsp3) is 0.556. The number of nitrogens with two attached hydrogens (primary N) is 1. The second kappa shape index (κ2) is 5.18. The molecular formula is C9H15ClN2O3S. The molecule has 0 radical (unpaired) electrons. The third kappa shape index (κ3) is 3.21. The van der Waals surface area contributed by atoms with Gasteiger partial charge in [-0.15, -0.1) is 12.4 Å². The van der Waals surface area contributed by atoms with Gasteiger partial charge < -0.3 is 9.73 Å². The summed E-state index contributed by atoms with van der Waals surface area (Å²) in [5.74, 6) is 0.246. The summed E-state index contributed by atoms with van der Waals surface area (Å²) in [5.41, 5.74) is 1.04. The van der Waals surface area contributed by atoms with Crippen LogP contribution >= 0.6 is 12.4 Å². The first-order valence-electron chi connectivity index (χ1n) is 4.79. The van der Waals surface area contributed by atoms with Crippen LogP contribution in [0.3, 0.4) is 0 Å². The van der Waals surface area contributed by atoms with Gasteiger partial charge in [0, 0.05) is 12.5 Å². The number of nitrogens with one attached hydrogen (secondary N) is 1. The number of rotatable bonds is 3. The van der Waals surface area contributed by atoms with Crippen LogP contribution in [0.15, 0.2) is 23.0 Å². The Hall–Kier alpha value is -0.560. The molecule has 7 heteroatoms. The van der Waals surface area contributed by atoms with E-state index in [-0.39, 0.29) is 30.0 Å². The molecule has 16 heavy (non-hydrogen) atoms. The normalized spacial score (nSPS) is 25.3. The summed E-state index contributed by atoms with van der Waals surface area (Å²) < 4.78 is 27.1. The summed E-state index contributed by atoms with van der Waals surface area (Å²) in [5, 5.41) is 8.22. The van der Waals surface area contributed by atoms with E-state index in [9.17, 15) is 8.42 Å². The Balaban J connectivity index is 0.00000128. The van der Waals surface area contributed by atoms with Crippen molar-refractivity contribution in [3.63, 3.8) is 0 Å². The van der Waals surface area contributed by atoms with Gasteiger partial charge in [-0.3, -0.25) is 0 Å². The van der Waals surface area contributed by atoms with Crippen LogP contribution in [-0.2, 0) is 10.0 Å². The quantitative estimate of drug-likeness (QED) is 0.824. The van der Waals surface area contributed by atoms with Gasteiger partial charge in [0.25, 0.3) is 0 Å². The van der Waals surface area contributed by atoms with Crippen LogP contribution in [-0.4, -0.2) is 27.3 Å². The monoisotopic (exact) mass is 266 g/mol. The first-order chi connectivity index (χ1) is 7.06. The van der Waals surface area contributed by atoms with Crippen LogP contribution in [0.2, 0.25) is 0 Å². The maximum absolute atomic E-state index is 11.0. The molecule has 1 aromatic rings. The summed E-state index contributed by atoms with van der Waals surface area (Å²) in [4.78, 5) is 0. The van der Waals surface area contributed by atoms with E-state index in [1.807, 2.05) is 6.07 Å². The van der Waals surface area contributed by atoms with Crippen molar-refractivity contribution in [3.8, 4) is 0 Å². The van der Waals surface area contributed by atoms with Gasteiger partial charge >= 0.3 is 0 Å². The minimum absolute atomic E-state index is 0. The molecule has 5 nitrogen and oxygen atoms in total. The standard InChI is InChI=1S/C9H14N2O3S.ClH/c10-15(12,13)6-8-3-11-4-9(8)7-1-2-14-5-7;/h1-2,5,8-9,11H,3-4,6H2,(H2,10,12,13);1H. The van der Waals surface area contributed by atoms with Crippen LogP contribution in [0.1, 0.15) is 11.5 Å². The molecule has 1 aliphatic rings. The predicted molar refractivity (Wildman–Crippen MR) is 63.0 cm³/mol. The Morgan fingerprint density at radius 3 is 2.81 bits per heavy atom. The highest BCUT2D eigenvalue weighted by Crippen LogP contribution is 2.28. The van der Waals surface area contributed by atoms with Gasteiger partial charge in [-0.05, 0) is 24.1 Å². The number of furan rings is 1. The molecule has 92 valence electrons. The highest BCUT2D eigenvalue weighted by molar-refractivity contribution is 7.89. The van der Waals surface area contributed by atoms with Crippen molar-refractivity contribution < 1.29 is 12.8 Å². The van der Waals surface area contributed by atoms with E-state index in [1.54, 1.807) is 12.5 Å². The molecule has 1 aliphatic heterocycles. The van der Waals surface area contributed by atoms with E-state index >= 15 is 0 Å². The molecule has 2 unspecified atom stereocenters. The lowest BCUT2D eigenvalue weighted by molar-refractivity contribution is 0.527. The summed E-state index contributed by atoms with van der Waals surface area (Å²) in [6, 6.07) is 1.87. The molecule has 1 fully saturated rings. The van der Waals surface area contributed by atoms with Crippen LogP contribution in [0, 0.1) is 5.92 Å². The molecule has 0 aromatic carbocycles. The van der Waals surface area contributed by atoms with E-state index in [0.29, 0.717) is 6.54 Å². The average molecular weight is 267 g/mol. The zero-order valence-corrected chi connectivity index (χ0v) is 10.3. The van der Waals surface area contributed by atoms with E-state index in [0.717, 1.165) is 12.1 Å². The first-order valence-corrected chi connectivity index (χ1v) is 6.51. The van der Waals surface area contributed by atoms with E-state index < -0.39 is 10.0 Å². The van der Waals surface area contributed by atoms with Gasteiger partial charge in [0.15, 0.2) is 0 Å². The highest BCUT2D eigenvalue weighted by atomic mass is 35.5. The van der Waals surface area contributed by atoms with Crippen molar-refractivity contribution >= 4 is 22.4 Å².